The summed E-state index contributed by atoms with van der Waals surface area (Å²) in [5.74, 6) is 0. The summed E-state index contributed by atoms with van der Waals surface area (Å²) in [7, 11) is 0. The maximum absolute atomic E-state index is 9.09. The molecule has 0 saturated carbocycles. The van der Waals surface area contributed by atoms with Crippen molar-refractivity contribution >= 4 is 5.52 Å². The van der Waals surface area contributed by atoms with Crippen LogP contribution in [0.2, 0.25) is 0 Å². The maximum atomic E-state index is 9.09. The van der Waals surface area contributed by atoms with Gasteiger partial charge in [0.1, 0.15) is 11.8 Å². The molecule has 0 aromatic carbocycles. The average Bonchev–Trinajstić information content (AvgIpc) is 2.51. The number of aryl methyl sites for hydroxylation is 1. The third-order valence-corrected chi connectivity index (χ3v) is 2.68. The SMILES string of the molecule is CCc1c(C)c2ccccn2c1C#N. The highest BCUT2D eigenvalue weighted by molar-refractivity contribution is 5.63. The Labute approximate surface area is 83.4 Å². The van der Waals surface area contributed by atoms with E-state index in [0.29, 0.717) is 0 Å². The molecule has 0 aliphatic carbocycles. The predicted molar refractivity (Wildman–Crippen MR) is 56.2 cm³/mol. The Morgan fingerprint density at radius 3 is 2.86 bits per heavy atom. The monoisotopic (exact) mass is 184 g/mol. The van der Waals surface area contributed by atoms with E-state index in [1.54, 1.807) is 0 Å². The van der Waals surface area contributed by atoms with Crippen LogP contribution < -0.4 is 0 Å². The fraction of sp³-hybridized carbons (Fsp3) is 0.250. The van der Waals surface area contributed by atoms with Gasteiger partial charge in [-0.3, -0.25) is 0 Å². The van der Waals surface area contributed by atoms with Crippen LogP contribution in [0.3, 0.4) is 0 Å². The van der Waals surface area contributed by atoms with Crippen LogP contribution in [0.4, 0.5) is 0 Å². The highest BCUT2D eigenvalue weighted by atomic mass is 14.9. The molecule has 2 aromatic rings. The smallest absolute Gasteiger partial charge is 0.128 e. The van der Waals surface area contributed by atoms with Crippen LogP contribution in [0.1, 0.15) is 23.7 Å². The van der Waals surface area contributed by atoms with Crippen molar-refractivity contribution in [2.24, 2.45) is 0 Å². The van der Waals surface area contributed by atoms with E-state index in [1.807, 2.05) is 22.7 Å². The van der Waals surface area contributed by atoms with Gasteiger partial charge in [-0.05, 0) is 36.6 Å². The van der Waals surface area contributed by atoms with Crippen LogP contribution in [0.15, 0.2) is 24.4 Å². The molecule has 14 heavy (non-hydrogen) atoms. The van der Waals surface area contributed by atoms with Crippen molar-refractivity contribution in [3.8, 4) is 6.07 Å². The standard InChI is InChI=1S/C12H12N2/c1-3-10-9(2)11-6-4-5-7-14(11)12(10)8-13/h4-7H,3H2,1-2H3. The summed E-state index contributed by atoms with van der Waals surface area (Å²) < 4.78 is 1.97. The molecular formula is C12H12N2. The van der Waals surface area contributed by atoms with Gasteiger partial charge in [-0.15, -0.1) is 0 Å². The van der Waals surface area contributed by atoms with Crippen molar-refractivity contribution in [2.75, 3.05) is 0 Å². The molecule has 70 valence electrons. The molecule has 0 aliphatic heterocycles. The number of pyridine rings is 1. The quantitative estimate of drug-likeness (QED) is 0.669. The number of hydrogen-bond acceptors (Lipinski definition) is 1. The minimum Gasteiger partial charge on any atom is -0.308 e. The van der Waals surface area contributed by atoms with E-state index >= 15 is 0 Å². The molecule has 0 saturated heterocycles. The van der Waals surface area contributed by atoms with Crippen LogP contribution in [0.5, 0.6) is 0 Å². The van der Waals surface area contributed by atoms with Crippen molar-refractivity contribution in [3.05, 3.63) is 41.2 Å². The number of nitriles is 1. The Morgan fingerprint density at radius 1 is 1.43 bits per heavy atom. The highest BCUT2D eigenvalue weighted by Gasteiger charge is 2.11. The van der Waals surface area contributed by atoms with Gasteiger partial charge in [0.2, 0.25) is 0 Å². The molecule has 0 fully saturated rings. The second-order valence-electron chi connectivity index (χ2n) is 3.37. The molecule has 2 rings (SSSR count). The summed E-state index contributed by atoms with van der Waals surface area (Å²) in [4.78, 5) is 0. The first-order chi connectivity index (χ1) is 6.79. The molecule has 0 bridgehead atoms. The van der Waals surface area contributed by atoms with E-state index in [-0.39, 0.29) is 0 Å². The molecule has 0 amide bonds. The van der Waals surface area contributed by atoms with Gasteiger partial charge in [-0.1, -0.05) is 13.0 Å². The largest absolute Gasteiger partial charge is 0.308 e. The minimum absolute atomic E-state index is 0.778. The summed E-state index contributed by atoms with van der Waals surface area (Å²) in [6.45, 7) is 4.16. The Balaban J connectivity index is 2.93. The maximum Gasteiger partial charge on any atom is 0.128 e. The van der Waals surface area contributed by atoms with Crippen molar-refractivity contribution in [2.45, 2.75) is 20.3 Å². The molecule has 2 heteroatoms. The van der Waals surface area contributed by atoms with Gasteiger partial charge < -0.3 is 4.40 Å². The number of rotatable bonds is 1. The number of aromatic nitrogens is 1. The zero-order valence-electron chi connectivity index (χ0n) is 8.41. The van der Waals surface area contributed by atoms with Crippen molar-refractivity contribution < 1.29 is 0 Å². The molecule has 0 aliphatic rings. The second kappa shape index (κ2) is 3.19. The molecule has 2 heterocycles. The molecule has 2 nitrogen and oxygen atoms in total. The number of fused-ring (bicyclic) bond motifs is 1. The summed E-state index contributed by atoms with van der Waals surface area (Å²) in [6.07, 6.45) is 2.86. The molecule has 2 aromatic heterocycles. The molecule has 0 spiro atoms. The van der Waals surface area contributed by atoms with Gasteiger partial charge in [0.15, 0.2) is 0 Å². The third kappa shape index (κ3) is 1.03. The Morgan fingerprint density at radius 2 is 2.21 bits per heavy atom. The predicted octanol–water partition coefficient (Wildman–Crippen LogP) is 2.68. The molecule has 0 atom stereocenters. The van der Waals surface area contributed by atoms with Crippen molar-refractivity contribution in [3.63, 3.8) is 0 Å². The van der Waals surface area contributed by atoms with Gasteiger partial charge in [-0.2, -0.15) is 5.26 Å². The molecule has 0 radical (unpaired) electrons. The van der Waals surface area contributed by atoms with E-state index in [0.717, 1.165) is 17.6 Å². The summed E-state index contributed by atoms with van der Waals surface area (Å²) in [5, 5.41) is 9.09. The van der Waals surface area contributed by atoms with Gasteiger partial charge in [0, 0.05) is 11.7 Å². The fourth-order valence-electron chi connectivity index (χ4n) is 1.98. The first-order valence-corrected chi connectivity index (χ1v) is 4.78. The average molecular weight is 184 g/mol. The Kier molecular flexibility index (Phi) is 2.01. The molecule has 0 unspecified atom stereocenters. The van der Waals surface area contributed by atoms with Crippen LogP contribution in [0.25, 0.3) is 5.52 Å². The summed E-state index contributed by atoms with van der Waals surface area (Å²) >= 11 is 0. The Bertz CT molecular complexity index is 515. The van der Waals surface area contributed by atoms with Crippen molar-refractivity contribution in [1.29, 1.82) is 5.26 Å². The van der Waals surface area contributed by atoms with Crippen molar-refractivity contribution in [1.82, 2.24) is 4.40 Å². The minimum atomic E-state index is 0.778. The number of hydrogen-bond donors (Lipinski definition) is 0. The lowest BCUT2D eigenvalue weighted by Crippen LogP contribution is -1.88. The van der Waals surface area contributed by atoms with E-state index in [9.17, 15) is 0 Å². The lowest BCUT2D eigenvalue weighted by molar-refractivity contribution is 1.08. The topological polar surface area (TPSA) is 28.2 Å². The van der Waals surface area contributed by atoms with E-state index in [2.05, 4.69) is 26.0 Å². The first-order valence-electron chi connectivity index (χ1n) is 4.78. The van der Waals surface area contributed by atoms with Crippen LogP contribution >= 0.6 is 0 Å². The van der Waals surface area contributed by atoms with Gasteiger partial charge >= 0.3 is 0 Å². The normalized spacial score (nSPS) is 10.4. The first kappa shape index (κ1) is 8.83. The van der Waals surface area contributed by atoms with E-state index in [1.165, 1.54) is 11.1 Å². The summed E-state index contributed by atoms with van der Waals surface area (Å²) in [6, 6.07) is 8.28. The summed E-state index contributed by atoms with van der Waals surface area (Å²) in [5.41, 5.74) is 4.31. The second-order valence-corrected chi connectivity index (χ2v) is 3.37. The lowest BCUT2D eigenvalue weighted by Gasteiger charge is -1.94. The zero-order valence-corrected chi connectivity index (χ0v) is 8.41. The molecular weight excluding hydrogens is 172 g/mol. The van der Waals surface area contributed by atoms with E-state index in [4.69, 9.17) is 5.26 Å². The lowest BCUT2D eigenvalue weighted by atomic mass is 10.1. The van der Waals surface area contributed by atoms with Gasteiger partial charge in [0.05, 0.1) is 0 Å². The zero-order chi connectivity index (χ0) is 10.1. The Hall–Kier alpha value is -1.75. The van der Waals surface area contributed by atoms with Crippen LogP contribution in [-0.4, -0.2) is 4.40 Å². The highest BCUT2D eigenvalue weighted by Crippen LogP contribution is 2.22. The van der Waals surface area contributed by atoms with E-state index < -0.39 is 0 Å². The third-order valence-electron chi connectivity index (χ3n) is 2.68. The van der Waals surface area contributed by atoms with Gasteiger partial charge in [0.25, 0.3) is 0 Å². The fourth-order valence-corrected chi connectivity index (χ4v) is 1.98. The number of nitrogens with zero attached hydrogens (tertiary/aromatic N) is 2. The van der Waals surface area contributed by atoms with Crippen LogP contribution in [0, 0.1) is 18.3 Å². The van der Waals surface area contributed by atoms with Crippen LogP contribution in [-0.2, 0) is 6.42 Å². The van der Waals surface area contributed by atoms with Gasteiger partial charge in [-0.25, -0.2) is 0 Å². The molecule has 0 N–H and O–H groups in total.